The zero-order valence-electron chi connectivity index (χ0n) is 11.2. The lowest BCUT2D eigenvalue weighted by atomic mass is 10.1. The predicted octanol–water partition coefficient (Wildman–Crippen LogP) is 1.97. The fraction of sp³-hybridized carbons (Fsp3) is 0.200. The van der Waals surface area contributed by atoms with Crippen LogP contribution in [0.4, 0.5) is 0 Å². The van der Waals surface area contributed by atoms with Gasteiger partial charge in [-0.15, -0.1) is 0 Å². The van der Waals surface area contributed by atoms with Crippen molar-refractivity contribution in [2.75, 3.05) is 0 Å². The number of aliphatic hydroxyl groups is 1. The van der Waals surface area contributed by atoms with E-state index in [4.69, 9.17) is 5.11 Å². The average molecular weight is 291 g/mol. The molecule has 5 heteroatoms. The predicted molar refractivity (Wildman–Crippen MR) is 77.6 cm³/mol. The van der Waals surface area contributed by atoms with Gasteiger partial charge in [-0.05, 0) is 35.7 Å². The molecule has 0 saturated carbocycles. The Bertz CT molecular complexity index is 679. The molecule has 20 heavy (non-hydrogen) atoms. The lowest BCUT2D eigenvalue weighted by Gasteiger charge is -2.08. The lowest BCUT2D eigenvalue weighted by Crippen LogP contribution is -2.23. The van der Waals surface area contributed by atoms with Gasteiger partial charge in [0.25, 0.3) is 0 Å². The quantitative estimate of drug-likeness (QED) is 0.885. The van der Waals surface area contributed by atoms with E-state index in [1.165, 1.54) is 0 Å². The molecule has 2 rings (SSSR count). The van der Waals surface area contributed by atoms with Gasteiger partial charge in [0.2, 0.25) is 10.0 Å². The zero-order valence-corrected chi connectivity index (χ0v) is 12.0. The Labute approximate surface area is 119 Å². The van der Waals surface area contributed by atoms with Crippen LogP contribution in [0.1, 0.15) is 16.7 Å². The van der Waals surface area contributed by atoms with Crippen LogP contribution in [0.25, 0.3) is 0 Å². The van der Waals surface area contributed by atoms with Crippen molar-refractivity contribution in [1.29, 1.82) is 0 Å². The first-order valence-corrected chi connectivity index (χ1v) is 7.74. The van der Waals surface area contributed by atoms with Crippen LogP contribution >= 0.6 is 0 Å². The molecule has 0 aromatic heterocycles. The van der Waals surface area contributed by atoms with Crippen molar-refractivity contribution in [3.8, 4) is 0 Å². The molecule has 2 N–H and O–H groups in total. The number of aliphatic hydroxyl groups excluding tert-OH is 1. The van der Waals surface area contributed by atoms with E-state index in [0.717, 1.165) is 16.7 Å². The number of aryl methyl sites for hydroxylation is 1. The number of rotatable bonds is 5. The molecular formula is C15H17NO3S. The second-order valence-corrected chi connectivity index (χ2v) is 6.38. The summed E-state index contributed by atoms with van der Waals surface area (Å²) in [7, 11) is -3.50. The van der Waals surface area contributed by atoms with E-state index < -0.39 is 10.0 Å². The summed E-state index contributed by atoms with van der Waals surface area (Å²) < 4.78 is 26.8. The van der Waals surface area contributed by atoms with Crippen molar-refractivity contribution < 1.29 is 13.5 Å². The molecule has 0 saturated heterocycles. The second kappa shape index (κ2) is 6.17. The molecule has 2 aromatic rings. The fourth-order valence-corrected chi connectivity index (χ4v) is 2.93. The van der Waals surface area contributed by atoms with Gasteiger partial charge < -0.3 is 5.11 Å². The number of nitrogens with one attached hydrogen (secondary N) is 1. The number of sulfonamides is 1. The molecule has 4 nitrogen and oxygen atoms in total. The van der Waals surface area contributed by atoms with E-state index in [0.29, 0.717) is 0 Å². The number of hydrogen-bond donors (Lipinski definition) is 2. The van der Waals surface area contributed by atoms with Gasteiger partial charge in [0.1, 0.15) is 0 Å². The monoisotopic (exact) mass is 291 g/mol. The summed E-state index contributed by atoms with van der Waals surface area (Å²) in [5, 5.41) is 8.95. The molecule has 0 atom stereocenters. The van der Waals surface area contributed by atoms with Gasteiger partial charge in [0.15, 0.2) is 0 Å². The van der Waals surface area contributed by atoms with E-state index in [2.05, 4.69) is 4.72 Å². The van der Waals surface area contributed by atoms with Crippen molar-refractivity contribution in [2.45, 2.75) is 25.0 Å². The van der Waals surface area contributed by atoms with E-state index in [1.54, 1.807) is 42.5 Å². The first-order valence-electron chi connectivity index (χ1n) is 6.26. The Hall–Kier alpha value is -1.69. The third kappa shape index (κ3) is 3.66. The average Bonchev–Trinajstić information content (AvgIpc) is 2.46. The molecular weight excluding hydrogens is 274 g/mol. The molecule has 0 aliphatic carbocycles. The van der Waals surface area contributed by atoms with Crippen LogP contribution < -0.4 is 4.72 Å². The van der Waals surface area contributed by atoms with Crippen LogP contribution in [0.2, 0.25) is 0 Å². The largest absolute Gasteiger partial charge is 0.392 e. The zero-order chi connectivity index (χ0) is 14.6. The molecule has 0 radical (unpaired) electrons. The van der Waals surface area contributed by atoms with E-state index in [1.807, 2.05) is 13.0 Å². The summed E-state index contributed by atoms with van der Waals surface area (Å²) >= 11 is 0. The van der Waals surface area contributed by atoms with Crippen LogP contribution in [-0.2, 0) is 23.2 Å². The molecule has 0 heterocycles. The molecule has 0 spiro atoms. The van der Waals surface area contributed by atoms with Crippen LogP contribution in [0, 0.1) is 6.92 Å². The molecule has 0 aliphatic heterocycles. The van der Waals surface area contributed by atoms with Crippen molar-refractivity contribution in [2.24, 2.45) is 0 Å². The molecule has 0 bridgehead atoms. The van der Waals surface area contributed by atoms with Gasteiger partial charge in [-0.1, -0.05) is 36.4 Å². The Kier molecular flexibility index (Phi) is 4.54. The number of benzene rings is 2. The van der Waals surface area contributed by atoms with Crippen molar-refractivity contribution >= 4 is 10.0 Å². The summed E-state index contributed by atoms with van der Waals surface area (Å²) in [5.74, 6) is 0. The van der Waals surface area contributed by atoms with Gasteiger partial charge in [-0.2, -0.15) is 0 Å². The highest BCUT2D eigenvalue weighted by molar-refractivity contribution is 7.89. The molecule has 0 aliphatic rings. The standard InChI is InChI=1S/C15H17NO3S/c1-12-3-2-4-15(9-12)20(18,19)16-10-13-5-7-14(11-17)8-6-13/h2-9,16-17H,10-11H2,1H3. The third-order valence-electron chi connectivity index (χ3n) is 2.97. The van der Waals surface area contributed by atoms with Crippen molar-refractivity contribution in [3.63, 3.8) is 0 Å². The summed E-state index contributed by atoms with van der Waals surface area (Å²) in [4.78, 5) is 0.268. The van der Waals surface area contributed by atoms with Gasteiger partial charge in [0.05, 0.1) is 11.5 Å². The van der Waals surface area contributed by atoms with Crippen LogP contribution in [-0.4, -0.2) is 13.5 Å². The molecule has 0 fully saturated rings. The van der Waals surface area contributed by atoms with Crippen molar-refractivity contribution in [3.05, 3.63) is 65.2 Å². The van der Waals surface area contributed by atoms with E-state index in [9.17, 15) is 8.42 Å². The maximum atomic E-state index is 12.1. The first kappa shape index (κ1) is 14.7. The minimum atomic E-state index is -3.50. The first-order chi connectivity index (χ1) is 9.51. The molecule has 0 unspecified atom stereocenters. The maximum Gasteiger partial charge on any atom is 0.240 e. The summed E-state index contributed by atoms with van der Waals surface area (Å²) in [6.45, 7) is 2.06. The summed E-state index contributed by atoms with van der Waals surface area (Å²) in [6, 6.07) is 13.9. The number of hydrogen-bond acceptors (Lipinski definition) is 3. The van der Waals surface area contributed by atoms with E-state index in [-0.39, 0.29) is 18.0 Å². The fourth-order valence-electron chi connectivity index (χ4n) is 1.81. The van der Waals surface area contributed by atoms with E-state index >= 15 is 0 Å². The SMILES string of the molecule is Cc1cccc(S(=O)(=O)NCc2ccc(CO)cc2)c1. The van der Waals surface area contributed by atoms with Crippen LogP contribution in [0.3, 0.4) is 0 Å². The lowest BCUT2D eigenvalue weighted by molar-refractivity contribution is 0.282. The second-order valence-electron chi connectivity index (χ2n) is 4.62. The Balaban J connectivity index is 2.09. The summed E-state index contributed by atoms with van der Waals surface area (Å²) in [6.07, 6.45) is 0. The Morgan fingerprint density at radius 3 is 2.30 bits per heavy atom. The third-order valence-corrected chi connectivity index (χ3v) is 4.37. The topological polar surface area (TPSA) is 66.4 Å². The van der Waals surface area contributed by atoms with Gasteiger partial charge in [0, 0.05) is 6.54 Å². The minimum Gasteiger partial charge on any atom is -0.392 e. The molecule has 2 aromatic carbocycles. The molecule has 106 valence electrons. The summed E-state index contributed by atoms with van der Waals surface area (Å²) in [5.41, 5.74) is 2.55. The van der Waals surface area contributed by atoms with Crippen molar-refractivity contribution in [1.82, 2.24) is 4.72 Å². The maximum absolute atomic E-state index is 12.1. The Morgan fingerprint density at radius 1 is 1.05 bits per heavy atom. The smallest absolute Gasteiger partial charge is 0.240 e. The van der Waals surface area contributed by atoms with Gasteiger partial charge in [-0.25, -0.2) is 13.1 Å². The van der Waals surface area contributed by atoms with Crippen LogP contribution in [0.5, 0.6) is 0 Å². The van der Waals surface area contributed by atoms with Gasteiger partial charge in [-0.3, -0.25) is 0 Å². The highest BCUT2D eigenvalue weighted by Crippen LogP contribution is 2.12. The van der Waals surface area contributed by atoms with Gasteiger partial charge >= 0.3 is 0 Å². The molecule has 0 amide bonds. The highest BCUT2D eigenvalue weighted by Gasteiger charge is 2.13. The van der Waals surface area contributed by atoms with Crippen LogP contribution in [0.15, 0.2) is 53.4 Å². The normalized spacial score (nSPS) is 11.5. The highest BCUT2D eigenvalue weighted by atomic mass is 32.2. The Morgan fingerprint density at radius 2 is 1.70 bits per heavy atom. The minimum absolute atomic E-state index is 0.0186.